The molecule has 0 radical (unpaired) electrons. The first-order valence-electron chi connectivity index (χ1n) is 7.73. The molecule has 1 amide bonds. The lowest BCUT2D eigenvalue weighted by atomic mass is 10.0. The van der Waals surface area contributed by atoms with E-state index in [1.54, 1.807) is 0 Å². The van der Waals surface area contributed by atoms with Gasteiger partial charge >= 0.3 is 5.97 Å². The number of carbonyl (C=O) groups excluding carboxylic acids is 1. The van der Waals surface area contributed by atoms with Crippen molar-refractivity contribution >= 4 is 22.6 Å². The Labute approximate surface area is 134 Å². The summed E-state index contributed by atoms with van der Waals surface area (Å²) >= 11 is 0. The number of morpholine rings is 1. The van der Waals surface area contributed by atoms with Gasteiger partial charge in [0.15, 0.2) is 6.04 Å². The standard InChI is InChI=1S/C18H19NO4/c20-17(19-9-10-23-12-16(19)18(21)22)8-6-13-5-7-14-3-1-2-4-15(14)11-13/h1-5,7,11,16H,6,8-10,12H2,(H,21,22). The summed E-state index contributed by atoms with van der Waals surface area (Å²) in [5, 5.41) is 11.5. The molecular formula is C18H19NO4. The fraction of sp³-hybridized carbons (Fsp3) is 0.333. The number of rotatable bonds is 4. The Morgan fingerprint density at radius 1 is 1.17 bits per heavy atom. The molecule has 3 rings (SSSR count). The molecule has 1 fully saturated rings. The molecule has 1 aliphatic heterocycles. The zero-order valence-electron chi connectivity index (χ0n) is 12.8. The van der Waals surface area contributed by atoms with Gasteiger partial charge in [-0.25, -0.2) is 4.79 Å². The summed E-state index contributed by atoms with van der Waals surface area (Å²) in [5.41, 5.74) is 1.08. The van der Waals surface area contributed by atoms with Gasteiger partial charge < -0.3 is 14.7 Å². The van der Waals surface area contributed by atoms with Crippen LogP contribution in [-0.4, -0.2) is 47.7 Å². The van der Waals surface area contributed by atoms with Crippen LogP contribution < -0.4 is 0 Å². The number of hydrogen-bond donors (Lipinski definition) is 1. The van der Waals surface area contributed by atoms with Crippen LogP contribution in [0.4, 0.5) is 0 Å². The molecule has 0 spiro atoms. The lowest BCUT2D eigenvalue weighted by Crippen LogP contribution is -2.52. The zero-order valence-corrected chi connectivity index (χ0v) is 12.8. The molecule has 1 aliphatic rings. The maximum atomic E-state index is 12.4. The predicted molar refractivity (Wildman–Crippen MR) is 86.2 cm³/mol. The third kappa shape index (κ3) is 3.51. The number of fused-ring (bicyclic) bond motifs is 1. The summed E-state index contributed by atoms with van der Waals surface area (Å²) < 4.78 is 5.16. The number of benzene rings is 2. The second-order valence-electron chi connectivity index (χ2n) is 5.70. The van der Waals surface area contributed by atoms with Crippen molar-refractivity contribution in [3.63, 3.8) is 0 Å². The number of aryl methyl sites for hydroxylation is 1. The molecule has 120 valence electrons. The largest absolute Gasteiger partial charge is 0.480 e. The van der Waals surface area contributed by atoms with E-state index in [1.165, 1.54) is 10.3 Å². The SMILES string of the molecule is O=C(O)C1COCCN1C(=O)CCc1ccc2ccccc2c1. The van der Waals surface area contributed by atoms with E-state index in [9.17, 15) is 14.7 Å². The summed E-state index contributed by atoms with van der Waals surface area (Å²) in [7, 11) is 0. The van der Waals surface area contributed by atoms with Crippen LogP contribution in [0, 0.1) is 0 Å². The van der Waals surface area contributed by atoms with Gasteiger partial charge in [0.25, 0.3) is 0 Å². The molecule has 0 aliphatic carbocycles. The van der Waals surface area contributed by atoms with Crippen molar-refractivity contribution in [3.05, 3.63) is 48.0 Å². The summed E-state index contributed by atoms with van der Waals surface area (Å²) in [6, 6.07) is 13.4. The number of hydrogen-bond acceptors (Lipinski definition) is 3. The molecular weight excluding hydrogens is 294 g/mol. The quantitative estimate of drug-likeness (QED) is 0.938. The number of carboxylic acid groups (broad SMARTS) is 1. The van der Waals surface area contributed by atoms with Crippen molar-refractivity contribution in [3.8, 4) is 0 Å². The van der Waals surface area contributed by atoms with E-state index in [1.807, 2.05) is 30.3 Å². The van der Waals surface area contributed by atoms with Crippen LogP contribution in [0.2, 0.25) is 0 Å². The van der Waals surface area contributed by atoms with E-state index in [0.29, 0.717) is 26.0 Å². The van der Waals surface area contributed by atoms with E-state index >= 15 is 0 Å². The van der Waals surface area contributed by atoms with Crippen LogP contribution in [0.1, 0.15) is 12.0 Å². The normalized spacial score (nSPS) is 18.1. The lowest BCUT2D eigenvalue weighted by molar-refractivity contribution is -0.158. The second kappa shape index (κ2) is 6.79. The Hall–Kier alpha value is -2.40. The van der Waals surface area contributed by atoms with Gasteiger partial charge in [0.2, 0.25) is 5.91 Å². The van der Waals surface area contributed by atoms with Crippen LogP contribution in [0.3, 0.4) is 0 Å². The summed E-state index contributed by atoms with van der Waals surface area (Å²) in [6.45, 7) is 0.802. The van der Waals surface area contributed by atoms with Crippen LogP contribution in [-0.2, 0) is 20.7 Å². The van der Waals surface area contributed by atoms with Gasteiger partial charge in [-0.15, -0.1) is 0 Å². The first kappa shape index (κ1) is 15.5. The molecule has 0 bridgehead atoms. The first-order valence-corrected chi connectivity index (χ1v) is 7.73. The summed E-state index contributed by atoms with van der Waals surface area (Å²) in [6.07, 6.45) is 0.912. The van der Waals surface area contributed by atoms with Crippen molar-refractivity contribution in [2.45, 2.75) is 18.9 Å². The van der Waals surface area contributed by atoms with Crippen LogP contribution in [0.25, 0.3) is 10.8 Å². The molecule has 0 saturated carbocycles. The minimum Gasteiger partial charge on any atom is -0.480 e. The van der Waals surface area contributed by atoms with Crippen molar-refractivity contribution in [2.75, 3.05) is 19.8 Å². The van der Waals surface area contributed by atoms with Gasteiger partial charge in [-0.2, -0.15) is 0 Å². The van der Waals surface area contributed by atoms with Gasteiger partial charge in [-0.05, 0) is 22.8 Å². The topological polar surface area (TPSA) is 66.8 Å². The second-order valence-corrected chi connectivity index (χ2v) is 5.70. The van der Waals surface area contributed by atoms with Crippen LogP contribution in [0.5, 0.6) is 0 Å². The Balaban J connectivity index is 1.66. The Morgan fingerprint density at radius 3 is 2.74 bits per heavy atom. The fourth-order valence-electron chi connectivity index (χ4n) is 2.90. The molecule has 1 unspecified atom stereocenters. The highest BCUT2D eigenvalue weighted by Gasteiger charge is 2.32. The predicted octanol–water partition coefficient (Wildman–Crippen LogP) is 2.08. The third-order valence-corrected chi connectivity index (χ3v) is 4.18. The summed E-state index contributed by atoms with van der Waals surface area (Å²) in [4.78, 5) is 25.0. The van der Waals surface area contributed by atoms with E-state index in [-0.39, 0.29) is 12.5 Å². The van der Waals surface area contributed by atoms with Crippen molar-refractivity contribution in [2.24, 2.45) is 0 Å². The van der Waals surface area contributed by atoms with E-state index in [0.717, 1.165) is 10.9 Å². The molecule has 2 aromatic carbocycles. The maximum absolute atomic E-state index is 12.4. The number of amides is 1. The highest BCUT2D eigenvalue weighted by Crippen LogP contribution is 2.17. The summed E-state index contributed by atoms with van der Waals surface area (Å²) in [5.74, 6) is -1.14. The molecule has 2 aromatic rings. The lowest BCUT2D eigenvalue weighted by Gasteiger charge is -2.32. The molecule has 23 heavy (non-hydrogen) atoms. The average molecular weight is 313 g/mol. The molecule has 1 atom stereocenters. The van der Waals surface area contributed by atoms with E-state index in [2.05, 4.69) is 12.1 Å². The number of aliphatic carboxylic acids is 1. The van der Waals surface area contributed by atoms with Crippen molar-refractivity contribution in [1.29, 1.82) is 0 Å². The molecule has 1 heterocycles. The maximum Gasteiger partial charge on any atom is 0.328 e. The third-order valence-electron chi connectivity index (χ3n) is 4.18. The number of carboxylic acids is 1. The monoisotopic (exact) mass is 313 g/mol. The van der Waals surface area contributed by atoms with Gasteiger partial charge in [-0.1, -0.05) is 42.5 Å². The highest BCUT2D eigenvalue weighted by molar-refractivity contribution is 5.85. The average Bonchev–Trinajstić information content (AvgIpc) is 2.59. The van der Waals surface area contributed by atoms with E-state index in [4.69, 9.17) is 4.74 Å². The first-order chi connectivity index (χ1) is 11.1. The number of carbonyl (C=O) groups is 2. The van der Waals surface area contributed by atoms with Gasteiger partial charge in [0.05, 0.1) is 13.2 Å². The van der Waals surface area contributed by atoms with Gasteiger partial charge in [0.1, 0.15) is 0 Å². The Morgan fingerprint density at radius 2 is 1.96 bits per heavy atom. The van der Waals surface area contributed by atoms with Crippen LogP contribution in [0.15, 0.2) is 42.5 Å². The fourth-order valence-corrected chi connectivity index (χ4v) is 2.90. The zero-order chi connectivity index (χ0) is 16.2. The minimum absolute atomic E-state index is 0.0665. The Kier molecular flexibility index (Phi) is 4.57. The highest BCUT2D eigenvalue weighted by atomic mass is 16.5. The molecule has 5 heteroatoms. The molecule has 1 saturated heterocycles. The smallest absolute Gasteiger partial charge is 0.328 e. The molecule has 1 N–H and O–H groups in total. The number of ether oxygens (including phenoxy) is 1. The Bertz CT molecular complexity index is 728. The molecule has 0 aromatic heterocycles. The number of nitrogens with zero attached hydrogens (tertiary/aromatic N) is 1. The van der Waals surface area contributed by atoms with Crippen molar-refractivity contribution < 1.29 is 19.4 Å². The van der Waals surface area contributed by atoms with Crippen LogP contribution >= 0.6 is 0 Å². The molecule has 5 nitrogen and oxygen atoms in total. The van der Waals surface area contributed by atoms with Crippen molar-refractivity contribution in [1.82, 2.24) is 4.90 Å². The van der Waals surface area contributed by atoms with Gasteiger partial charge in [-0.3, -0.25) is 4.79 Å². The minimum atomic E-state index is -1.01. The van der Waals surface area contributed by atoms with E-state index < -0.39 is 12.0 Å². The van der Waals surface area contributed by atoms with Gasteiger partial charge in [0, 0.05) is 13.0 Å².